The molecule has 45 heavy (non-hydrogen) atoms. The third-order valence-corrected chi connectivity index (χ3v) is 10.1. The molecule has 0 saturated carbocycles. The minimum atomic E-state index is 0.212. The molecule has 212 valence electrons. The highest BCUT2D eigenvalue weighted by Gasteiger charge is 2.22. The van der Waals surface area contributed by atoms with E-state index < -0.39 is 0 Å². The first-order chi connectivity index (χ1) is 22.3. The van der Waals surface area contributed by atoms with Gasteiger partial charge < -0.3 is 5.32 Å². The first-order valence-corrected chi connectivity index (χ1v) is 16.2. The van der Waals surface area contributed by atoms with Gasteiger partial charge in [-0.3, -0.25) is 0 Å². The number of para-hydroxylation sites is 2. The Labute approximate surface area is 266 Å². The lowest BCUT2D eigenvalue weighted by Crippen LogP contribution is -2.01. The fourth-order valence-corrected chi connectivity index (χ4v) is 7.84. The summed E-state index contributed by atoms with van der Waals surface area (Å²) in [5, 5.41) is 9.98. The minimum Gasteiger partial charge on any atom is -0.368 e. The molecule has 1 aromatic heterocycles. The highest BCUT2D eigenvalue weighted by molar-refractivity contribution is 8.00. The number of aromatic nitrogens is 1. The zero-order valence-electron chi connectivity index (χ0n) is 24.4. The zero-order valence-corrected chi connectivity index (χ0v) is 25.3. The van der Waals surface area contributed by atoms with Crippen LogP contribution in [0.25, 0.3) is 66.0 Å². The third-order valence-electron chi connectivity index (χ3n) is 8.90. The molecule has 1 unspecified atom stereocenters. The fraction of sp³-hybridized carbons (Fsp3) is 0.0238. The maximum absolute atomic E-state index is 5.43. The normalized spacial score (nSPS) is 14.1. The van der Waals surface area contributed by atoms with Gasteiger partial charge in [-0.1, -0.05) is 151 Å². The Hall–Kier alpha value is -5.38. The Bertz CT molecular complexity index is 2350. The number of hydrogen-bond donors (Lipinski definition) is 1. The van der Waals surface area contributed by atoms with E-state index in [0.29, 0.717) is 0 Å². The van der Waals surface area contributed by atoms with Crippen molar-refractivity contribution < 1.29 is 0 Å². The molecule has 9 rings (SSSR count). The van der Waals surface area contributed by atoms with E-state index in [9.17, 15) is 0 Å². The number of thioether (sulfide) groups is 1. The van der Waals surface area contributed by atoms with Crippen LogP contribution in [0.3, 0.4) is 0 Å². The van der Waals surface area contributed by atoms with Gasteiger partial charge in [-0.25, -0.2) is 4.98 Å². The van der Waals surface area contributed by atoms with Gasteiger partial charge in [-0.2, -0.15) is 0 Å². The average molecular weight is 593 g/mol. The molecule has 0 radical (unpaired) electrons. The van der Waals surface area contributed by atoms with Crippen molar-refractivity contribution in [3.8, 4) is 33.5 Å². The van der Waals surface area contributed by atoms with Crippen molar-refractivity contribution in [3.63, 3.8) is 0 Å². The lowest BCUT2D eigenvalue weighted by Gasteiger charge is -2.16. The van der Waals surface area contributed by atoms with E-state index in [1.807, 2.05) is 11.8 Å². The molecule has 1 aliphatic heterocycles. The van der Waals surface area contributed by atoms with Gasteiger partial charge in [0.1, 0.15) is 5.37 Å². The van der Waals surface area contributed by atoms with E-state index in [1.165, 1.54) is 59.8 Å². The topological polar surface area (TPSA) is 24.9 Å². The van der Waals surface area contributed by atoms with Crippen LogP contribution in [0.5, 0.6) is 0 Å². The fourth-order valence-electron chi connectivity index (χ4n) is 6.71. The number of rotatable bonds is 4. The maximum atomic E-state index is 5.43. The van der Waals surface area contributed by atoms with Crippen LogP contribution in [-0.2, 0) is 0 Å². The summed E-state index contributed by atoms with van der Waals surface area (Å²) in [7, 11) is 0. The Balaban J connectivity index is 1.17. The van der Waals surface area contributed by atoms with Crippen molar-refractivity contribution >= 4 is 49.9 Å². The molecule has 0 fully saturated rings. The first kappa shape index (κ1) is 26.1. The molecule has 0 saturated heterocycles. The molecule has 1 aliphatic rings. The molecule has 0 aliphatic carbocycles. The lowest BCUT2D eigenvalue weighted by molar-refractivity contribution is 1.13. The van der Waals surface area contributed by atoms with Crippen molar-refractivity contribution in [2.24, 2.45) is 0 Å². The van der Waals surface area contributed by atoms with Crippen LogP contribution in [0, 0.1) is 0 Å². The molecule has 3 heteroatoms. The van der Waals surface area contributed by atoms with Gasteiger partial charge in [-0.05, 0) is 51.2 Å². The SMILES string of the molecule is c1ccc(-c2cccc3c2nc(-c2ccc(-c4cccc(C5Nc6ccccc6S5)c4)cc2)c2ccc4ccccc4c23)cc1. The van der Waals surface area contributed by atoms with Gasteiger partial charge in [0.15, 0.2) is 0 Å². The highest BCUT2D eigenvalue weighted by Crippen LogP contribution is 2.47. The lowest BCUT2D eigenvalue weighted by atomic mass is 9.92. The predicted molar refractivity (Wildman–Crippen MR) is 192 cm³/mol. The molecule has 2 heterocycles. The van der Waals surface area contributed by atoms with E-state index in [-0.39, 0.29) is 5.37 Å². The molecule has 1 atom stereocenters. The van der Waals surface area contributed by atoms with Crippen LogP contribution in [0.15, 0.2) is 163 Å². The number of anilines is 1. The summed E-state index contributed by atoms with van der Waals surface area (Å²) in [6.45, 7) is 0. The molecule has 0 bridgehead atoms. The van der Waals surface area contributed by atoms with Crippen molar-refractivity contribution in [1.29, 1.82) is 0 Å². The van der Waals surface area contributed by atoms with Crippen molar-refractivity contribution in [3.05, 3.63) is 163 Å². The van der Waals surface area contributed by atoms with Gasteiger partial charge in [0.05, 0.1) is 11.2 Å². The second-order valence-corrected chi connectivity index (χ2v) is 12.7. The summed E-state index contributed by atoms with van der Waals surface area (Å²) >= 11 is 1.88. The number of nitrogens with zero attached hydrogens (tertiary/aromatic N) is 1. The summed E-state index contributed by atoms with van der Waals surface area (Å²) in [6, 6.07) is 56.7. The van der Waals surface area contributed by atoms with Crippen LogP contribution in [0.4, 0.5) is 5.69 Å². The smallest absolute Gasteiger partial charge is 0.103 e. The number of nitrogens with one attached hydrogen (secondary N) is 1. The van der Waals surface area contributed by atoms with Crippen molar-refractivity contribution in [2.45, 2.75) is 10.3 Å². The standard InChI is InChI=1S/C42H28N2S/c1-2-10-28(11-3-1)34-16-9-17-35-39-33-15-5-4-12-29(33)24-25-36(39)40(44-41(34)35)30-22-20-27(21-23-30)31-13-8-14-32(26-31)42-43-37-18-6-7-19-38(37)45-42/h1-26,42-43H. The summed E-state index contributed by atoms with van der Waals surface area (Å²) in [4.78, 5) is 6.74. The van der Waals surface area contributed by atoms with Crippen molar-refractivity contribution in [2.75, 3.05) is 5.32 Å². The largest absolute Gasteiger partial charge is 0.368 e. The van der Waals surface area contributed by atoms with Crippen LogP contribution in [0.2, 0.25) is 0 Å². The molecule has 0 spiro atoms. The van der Waals surface area contributed by atoms with Crippen LogP contribution >= 0.6 is 11.8 Å². The number of benzene rings is 7. The third kappa shape index (κ3) is 4.47. The summed E-state index contributed by atoms with van der Waals surface area (Å²) in [6.07, 6.45) is 0. The van der Waals surface area contributed by atoms with Gasteiger partial charge in [0, 0.05) is 37.9 Å². The van der Waals surface area contributed by atoms with Gasteiger partial charge >= 0.3 is 0 Å². The van der Waals surface area contributed by atoms with Gasteiger partial charge in [0.2, 0.25) is 0 Å². The second kappa shape index (κ2) is 10.7. The quantitative estimate of drug-likeness (QED) is 0.206. The Morgan fingerprint density at radius 2 is 1.24 bits per heavy atom. The molecule has 7 aromatic carbocycles. The first-order valence-electron chi connectivity index (χ1n) is 15.3. The Morgan fingerprint density at radius 1 is 0.511 bits per heavy atom. The molecular formula is C42H28N2S. The molecule has 2 nitrogen and oxygen atoms in total. The monoisotopic (exact) mass is 592 g/mol. The average Bonchev–Trinajstić information content (AvgIpc) is 3.56. The summed E-state index contributed by atoms with van der Waals surface area (Å²) in [5.41, 5.74) is 10.4. The summed E-state index contributed by atoms with van der Waals surface area (Å²) in [5.74, 6) is 0. The van der Waals surface area contributed by atoms with Gasteiger partial charge in [-0.15, -0.1) is 0 Å². The molecule has 0 amide bonds. The number of fused-ring (bicyclic) bond motifs is 6. The van der Waals surface area contributed by atoms with Crippen molar-refractivity contribution in [1.82, 2.24) is 4.98 Å². The van der Waals surface area contributed by atoms with Gasteiger partial charge in [0.25, 0.3) is 0 Å². The minimum absolute atomic E-state index is 0.212. The molecule has 8 aromatic rings. The highest BCUT2D eigenvalue weighted by atomic mass is 32.2. The predicted octanol–water partition coefficient (Wildman–Crippen LogP) is 11.8. The Morgan fingerprint density at radius 3 is 2.13 bits per heavy atom. The van der Waals surface area contributed by atoms with E-state index in [0.717, 1.165) is 22.3 Å². The van der Waals surface area contributed by atoms with E-state index in [4.69, 9.17) is 4.98 Å². The van der Waals surface area contributed by atoms with Crippen LogP contribution < -0.4 is 5.32 Å². The molecular weight excluding hydrogens is 565 g/mol. The summed E-state index contributed by atoms with van der Waals surface area (Å²) < 4.78 is 0. The number of pyridine rings is 1. The second-order valence-electron chi connectivity index (χ2n) is 11.6. The van der Waals surface area contributed by atoms with E-state index >= 15 is 0 Å². The van der Waals surface area contributed by atoms with Crippen LogP contribution in [0.1, 0.15) is 10.9 Å². The maximum Gasteiger partial charge on any atom is 0.103 e. The van der Waals surface area contributed by atoms with E-state index in [2.05, 4.69) is 163 Å². The zero-order chi connectivity index (χ0) is 29.7. The molecule has 1 N–H and O–H groups in total. The van der Waals surface area contributed by atoms with E-state index in [1.54, 1.807) is 0 Å². The number of hydrogen-bond acceptors (Lipinski definition) is 3. The Kier molecular flexibility index (Phi) is 6.17. The van der Waals surface area contributed by atoms with Crippen LogP contribution in [-0.4, -0.2) is 4.98 Å².